The molecule has 0 aromatic rings. The van der Waals surface area contributed by atoms with E-state index < -0.39 is 12.0 Å². The summed E-state index contributed by atoms with van der Waals surface area (Å²) in [6.45, 7) is 6.62. The summed E-state index contributed by atoms with van der Waals surface area (Å²) in [6.07, 6.45) is -0.0868. The second-order valence-corrected chi connectivity index (χ2v) is 5.82. The number of urea groups is 1. The molecule has 1 atom stereocenters. The number of carboxylic acids is 1. The molecule has 2 rings (SSSR count). The highest BCUT2D eigenvalue weighted by molar-refractivity contribution is 5.77. The fourth-order valence-electron chi connectivity index (χ4n) is 2.65. The first kappa shape index (κ1) is 15.1. The molecule has 7 nitrogen and oxygen atoms in total. The Morgan fingerprint density at radius 1 is 1.25 bits per heavy atom. The quantitative estimate of drug-likeness (QED) is 0.794. The Kier molecular flexibility index (Phi) is 4.49. The van der Waals surface area contributed by atoms with Gasteiger partial charge in [0.25, 0.3) is 0 Å². The number of carboxylic acid groups (broad SMARTS) is 1. The number of amides is 2. The number of rotatable bonds is 2. The first-order chi connectivity index (χ1) is 9.42. The molecular weight excluding hydrogens is 264 g/mol. The molecule has 114 valence electrons. The summed E-state index contributed by atoms with van der Waals surface area (Å²) in [6, 6.07) is -0.514. The lowest BCUT2D eigenvalue weighted by Gasteiger charge is -2.46. The molecule has 1 unspecified atom stereocenters. The monoisotopic (exact) mass is 286 g/mol. The second kappa shape index (κ2) is 5.97. The van der Waals surface area contributed by atoms with E-state index in [0.717, 1.165) is 0 Å². The van der Waals surface area contributed by atoms with Crippen LogP contribution < -0.4 is 0 Å². The molecule has 20 heavy (non-hydrogen) atoms. The summed E-state index contributed by atoms with van der Waals surface area (Å²) < 4.78 is 10.7. The molecule has 2 aliphatic rings. The SMILES string of the molecule is CC1(C)COCCN1C(=O)N1CCOCC1CC(=O)O. The summed E-state index contributed by atoms with van der Waals surface area (Å²) in [5.41, 5.74) is -0.374. The lowest BCUT2D eigenvalue weighted by molar-refractivity contribution is -0.139. The van der Waals surface area contributed by atoms with Crippen LogP contribution in [0.5, 0.6) is 0 Å². The average Bonchev–Trinajstić information content (AvgIpc) is 2.37. The molecule has 2 heterocycles. The predicted molar refractivity (Wildman–Crippen MR) is 70.6 cm³/mol. The first-order valence-corrected chi connectivity index (χ1v) is 6.87. The van der Waals surface area contributed by atoms with E-state index >= 15 is 0 Å². The minimum atomic E-state index is -0.917. The van der Waals surface area contributed by atoms with Gasteiger partial charge in [-0.1, -0.05) is 0 Å². The highest BCUT2D eigenvalue weighted by Crippen LogP contribution is 2.23. The summed E-state index contributed by atoms with van der Waals surface area (Å²) in [5, 5.41) is 8.95. The Balaban J connectivity index is 2.10. The van der Waals surface area contributed by atoms with Crippen molar-refractivity contribution in [3.8, 4) is 0 Å². The maximum atomic E-state index is 12.7. The van der Waals surface area contributed by atoms with Crippen molar-refractivity contribution in [2.24, 2.45) is 0 Å². The fraction of sp³-hybridized carbons (Fsp3) is 0.846. The smallest absolute Gasteiger partial charge is 0.321 e. The molecule has 0 aromatic heterocycles. The number of carbonyl (C=O) groups excluding carboxylic acids is 1. The zero-order valence-corrected chi connectivity index (χ0v) is 12.0. The third-order valence-corrected chi connectivity index (χ3v) is 3.76. The predicted octanol–water partition coefficient (Wildman–Crippen LogP) is 0.393. The minimum Gasteiger partial charge on any atom is -0.481 e. The Hall–Kier alpha value is -1.34. The Labute approximate surface area is 118 Å². The van der Waals surface area contributed by atoms with Gasteiger partial charge < -0.3 is 24.4 Å². The van der Waals surface area contributed by atoms with Crippen molar-refractivity contribution in [3.05, 3.63) is 0 Å². The third-order valence-electron chi connectivity index (χ3n) is 3.76. The molecule has 0 aliphatic carbocycles. The van der Waals surface area contributed by atoms with Crippen molar-refractivity contribution in [2.75, 3.05) is 39.5 Å². The van der Waals surface area contributed by atoms with Gasteiger partial charge in [-0.25, -0.2) is 4.79 Å². The van der Waals surface area contributed by atoms with Crippen LogP contribution >= 0.6 is 0 Å². The normalized spacial score (nSPS) is 26.4. The van der Waals surface area contributed by atoms with Crippen LogP contribution in [0.3, 0.4) is 0 Å². The van der Waals surface area contributed by atoms with Crippen LogP contribution in [-0.2, 0) is 14.3 Å². The number of carbonyl (C=O) groups is 2. The van der Waals surface area contributed by atoms with Crippen molar-refractivity contribution in [3.63, 3.8) is 0 Å². The topological polar surface area (TPSA) is 79.3 Å². The molecule has 0 aromatic carbocycles. The summed E-state index contributed by atoms with van der Waals surface area (Å²) in [7, 11) is 0. The van der Waals surface area contributed by atoms with Gasteiger partial charge in [0, 0.05) is 13.1 Å². The minimum absolute atomic E-state index is 0.0868. The van der Waals surface area contributed by atoms with E-state index in [0.29, 0.717) is 32.9 Å². The number of nitrogens with zero attached hydrogens (tertiary/aromatic N) is 2. The van der Waals surface area contributed by atoms with E-state index in [4.69, 9.17) is 14.6 Å². The largest absolute Gasteiger partial charge is 0.481 e. The van der Waals surface area contributed by atoms with E-state index in [1.807, 2.05) is 13.8 Å². The van der Waals surface area contributed by atoms with Gasteiger partial charge in [0.05, 0.1) is 44.4 Å². The number of hydrogen-bond donors (Lipinski definition) is 1. The molecule has 2 amide bonds. The number of morpholine rings is 2. The first-order valence-electron chi connectivity index (χ1n) is 6.87. The Morgan fingerprint density at radius 2 is 1.95 bits per heavy atom. The lowest BCUT2D eigenvalue weighted by Crippen LogP contribution is -2.62. The molecule has 2 saturated heterocycles. The van der Waals surface area contributed by atoms with Crippen molar-refractivity contribution in [2.45, 2.75) is 31.8 Å². The van der Waals surface area contributed by atoms with Crippen molar-refractivity contribution >= 4 is 12.0 Å². The van der Waals surface area contributed by atoms with E-state index in [9.17, 15) is 9.59 Å². The summed E-state index contributed by atoms with van der Waals surface area (Å²) >= 11 is 0. The zero-order valence-electron chi connectivity index (χ0n) is 12.0. The van der Waals surface area contributed by atoms with Gasteiger partial charge in [-0.15, -0.1) is 0 Å². The molecule has 2 fully saturated rings. The Morgan fingerprint density at radius 3 is 2.60 bits per heavy atom. The Bertz CT molecular complexity index is 385. The fourth-order valence-corrected chi connectivity index (χ4v) is 2.65. The van der Waals surface area contributed by atoms with Crippen LogP contribution in [-0.4, -0.2) is 78.0 Å². The number of hydrogen-bond acceptors (Lipinski definition) is 4. The van der Waals surface area contributed by atoms with Crippen LogP contribution in [0, 0.1) is 0 Å². The van der Waals surface area contributed by atoms with E-state index in [-0.39, 0.29) is 24.6 Å². The standard InChI is InChI=1S/C13H22N2O5/c1-13(2)9-20-6-4-15(13)12(18)14-3-5-19-8-10(14)7-11(16)17/h10H,3-9H2,1-2H3,(H,16,17). The van der Waals surface area contributed by atoms with Gasteiger partial charge >= 0.3 is 12.0 Å². The summed E-state index contributed by atoms with van der Waals surface area (Å²) in [5.74, 6) is -0.917. The van der Waals surface area contributed by atoms with Gasteiger partial charge in [-0.3, -0.25) is 4.79 Å². The molecule has 0 bridgehead atoms. The second-order valence-electron chi connectivity index (χ2n) is 5.82. The van der Waals surface area contributed by atoms with E-state index in [1.54, 1.807) is 9.80 Å². The molecule has 1 N–H and O–H groups in total. The lowest BCUT2D eigenvalue weighted by atomic mass is 10.0. The highest BCUT2D eigenvalue weighted by Gasteiger charge is 2.39. The van der Waals surface area contributed by atoms with Gasteiger partial charge in [0.1, 0.15) is 0 Å². The summed E-state index contributed by atoms with van der Waals surface area (Å²) in [4.78, 5) is 27.0. The van der Waals surface area contributed by atoms with Crippen molar-refractivity contribution < 1.29 is 24.2 Å². The third kappa shape index (κ3) is 3.21. The van der Waals surface area contributed by atoms with Gasteiger partial charge in [0.15, 0.2) is 0 Å². The molecule has 0 saturated carbocycles. The van der Waals surface area contributed by atoms with Crippen LogP contribution in [0.15, 0.2) is 0 Å². The average molecular weight is 286 g/mol. The number of aliphatic carboxylic acids is 1. The van der Waals surface area contributed by atoms with E-state index in [2.05, 4.69) is 0 Å². The van der Waals surface area contributed by atoms with Crippen LogP contribution in [0.1, 0.15) is 20.3 Å². The van der Waals surface area contributed by atoms with Crippen LogP contribution in [0.2, 0.25) is 0 Å². The molecule has 7 heteroatoms. The zero-order chi connectivity index (χ0) is 14.8. The van der Waals surface area contributed by atoms with Gasteiger partial charge in [0.2, 0.25) is 0 Å². The van der Waals surface area contributed by atoms with Gasteiger partial charge in [-0.2, -0.15) is 0 Å². The van der Waals surface area contributed by atoms with Crippen molar-refractivity contribution in [1.82, 2.24) is 9.80 Å². The number of ether oxygens (including phenoxy) is 2. The maximum absolute atomic E-state index is 12.7. The molecular formula is C13H22N2O5. The maximum Gasteiger partial charge on any atom is 0.321 e. The highest BCUT2D eigenvalue weighted by atomic mass is 16.5. The molecule has 2 aliphatic heterocycles. The van der Waals surface area contributed by atoms with Crippen molar-refractivity contribution in [1.29, 1.82) is 0 Å². The van der Waals surface area contributed by atoms with Gasteiger partial charge in [-0.05, 0) is 13.8 Å². The molecule has 0 spiro atoms. The molecule has 0 radical (unpaired) electrons. The van der Waals surface area contributed by atoms with Crippen LogP contribution in [0.25, 0.3) is 0 Å². The van der Waals surface area contributed by atoms with E-state index in [1.165, 1.54) is 0 Å². The van der Waals surface area contributed by atoms with Crippen LogP contribution in [0.4, 0.5) is 4.79 Å².